The van der Waals surface area contributed by atoms with Crippen LogP contribution in [-0.2, 0) is 15.9 Å². The Morgan fingerprint density at radius 3 is 2.50 bits per heavy atom. The molecule has 6 N–H and O–H groups in total. The zero-order valence-corrected chi connectivity index (χ0v) is 21.4. The first-order valence-corrected chi connectivity index (χ1v) is 12.1. The third-order valence-corrected chi connectivity index (χ3v) is 8.15. The zero-order valence-electron chi connectivity index (χ0n) is 21.4. The summed E-state index contributed by atoms with van der Waals surface area (Å²) in [5, 5.41) is 36.7. The third-order valence-electron chi connectivity index (χ3n) is 8.15. The minimum absolute atomic E-state index is 0.101. The molecule has 0 aromatic heterocycles. The van der Waals surface area contributed by atoms with E-state index in [4.69, 9.17) is 15.2 Å². The smallest absolute Gasteiger partial charge is 0.408 e. The maximum atomic E-state index is 14.4. The Labute approximate surface area is 218 Å². The van der Waals surface area contributed by atoms with Gasteiger partial charge in [-0.05, 0) is 69.5 Å². The van der Waals surface area contributed by atoms with Crippen molar-refractivity contribution in [2.24, 2.45) is 11.7 Å². The van der Waals surface area contributed by atoms with Crippen LogP contribution in [0.25, 0.3) is 0 Å². The lowest BCUT2D eigenvalue weighted by Crippen LogP contribution is -2.72. The molecule has 11 heteroatoms. The number of ether oxygens (including phenoxy) is 2. The first kappa shape index (κ1) is 27.5. The summed E-state index contributed by atoms with van der Waals surface area (Å²) < 4.78 is 25.0. The van der Waals surface area contributed by atoms with Crippen molar-refractivity contribution in [2.45, 2.75) is 63.0 Å². The number of carbonyl (C=O) groups is 3. The van der Waals surface area contributed by atoms with Crippen LogP contribution in [0.3, 0.4) is 0 Å². The van der Waals surface area contributed by atoms with E-state index in [0.29, 0.717) is 11.1 Å². The Hall–Kier alpha value is -3.54. The maximum Gasteiger partial charge on any atom is 0.408 e. The average Bonchev–Trinajstić information content (AvgIpc) is 3.19. The second-order valence-corrected chi connectivity index (χ2v) is 10.3. The summed E-state index contributed by atoms with van der Waals surface area (Å²) in [6.07, 6.45) is -2.01. The first-order chi connectivity index (χ1) is 17.7. The summed E-state index contributed by atoms with van der Waals surface area (Å²) in [6, 6.07) is 6.97. The number of halogens is 1. The van der Waals surface area contributed by atoms with Crippen LogP contribution in [0.4, 0.5) is 9.18 Å². The molecule has 38 heavy (non-hydrogen) atoms. The van der Waals surface area contributed by atoms with Gasteiger partial charge >= 0.3 is 12.1 Å². The van der Waals surface area contributed by atoms with Crippen molar-refractivity contribution in [2.75, 3.05) is 6.61 Å². The van der Waals surface area contributed by atoms with Gasteiger partial charge in [0.15, 0.2) is 5.78 Å². The van der Waals surface area contributed by atoms with Gasteiger partial charge in [-0.1, -0.05) is 12.1 Å². The molecule has 2 aromatic rings. The number of nitrogens with two attached hydrogens (primary N) is 1. The summed E-state index contributed by atoms with van der Waals surface area (Å²) in [5.74, 6) is -3.47. The predicted molar refractivity (Wildman–Crippen MR) is 132 cm³/mol. The van der Waals surface area contributed by atoms with E-state index in [9.17, 15) is 34.1 Å². The Bertz CT molecular complexity index is 1290. The molecular formula is C27H31FN2O8. The molecule has 0 radical (unpaired) electrons. The van der Waals surface area contributed by atoms with E-state index in [1.807, 2.05) is 0 Å². The van der Waals surface area contributed by atoms with Crippen LogP contribution in [-0.4, -0.2) is 68.7 Å². The minimum atomic E-state index is -2.29. The molecule has 204 valence electrons. The number of nitrogens with one attached hydrogen (secondary N) is 1. The van der Waals surface area contributed by atoms with Gasteiger partial charge in [0, 0.05) is 17.5 Å². The van der Waals surface area contributed by atoms with Crippen LogP contribution < -0.4 is 11.1 Å². The predicted octanol–water partition coefficient (Wildman–Crippen LogP) is 1.75. The SMILES string of the molecule is CC(=O)c1cc(F)cc(C[C@H]2[C@H](N)[C@]3(NC(=O)O[C@H]3C)[C@@](C)(O)[C@@]2(O)COC(=O)c2c(C)cccc2O)c1. The molecular weight excluding hydrogens is 499 g/mol. The lowest BCUT2D eigenvalue weighted by atomic mass is 9.73. The van der Waals surface area contributed by atoms with E-state index < -0.39 is 59.3 Å². The number of benzene rings is 2. The molecule has 0 bridgehead atoms. The van der Waals surface area contributed by atoms with E-state index in [1.54, 1.807) is 19.1 Å². The number of phenolic OH excluding ortho intramolecular Hbond substituents is 1. The summed E-state index contributed by atoms with van der Waals surface area (Å²) in [4.78, 5) is 37.1. The molecule has 4 rings (SSSR count). The largest absolute Gasteiger partial charge is 0.507 e. The number of hydrogen-bond acceptors (Lipinski definition) is 9. The number of esters is 1. The van der Waals surface area contributed by atoms with Crippen molar-refractivity contribution < 1.29 is 43.6 Å². The topological polar surface area (TPSA) is 168 Å². The normalized spacial score (nSPS) is 32.2. The van der Waals surface area contributed by atoms with E-state index >= 15 is 0 Å². The molecule has 2 fully saturated rings. The number of phenols is 1. The Kier molecular flexibility index (Phi) is 6.75. The van der Waals surface area contributed by atoms with Gasteiger partial charge in [-0.3, -0.25) is 4.79 Å². The number of amides is 1. The van der Waals surface area contributed by atoms with E-state index in [-0.39, 0.29) is 29.1 Å². The van der Waals surface area contributed by atoms with Crippen molar-refractivity contribution in [3.63, 3.8) is 0 Å². The molecule has 1 heterocycles. The summed E-state index contributed by atoms with van der Waals surface area (Å²) in [6.45, 7) is 4.84. The number of alkyl carbamates (subject to hydrolysis) is 1. The minimum Gasteiger partial charge on any atom is -0.507 e. The van der Waals surface area contributed by atoms with Crippen molar-refractivity contribution in [3.8, 4) is 5.75 Å². The number of cyclic esters (lactones) is 1. The molecule has 0 unspecified atom stereocenters. The third kappa shape index (κ3) is 4.01. The molecule has 1 spiro atoms. The highest BCUT2D eigenvalue weighted by Gasteiger charge is 2.78. The number of aromatic hydroxyl groups is 1. The first-order valence-electron chi connectivity index (χ1n) is 12.1. The van der Waals surface area contributed by atoms with Crippen LogP contribution in [0, 0.1) is 18.7 Å². The average molecular weight is 531 g/mol. The molecule has 10 nitrogen and oxygen atoms in total. The van der Waals surface area contributed by atoms with Crippen LogP contribution in [0.15, 0.2) is 36.4 Å². The van der Waals surface area contributed by atoms with Gasteiger partial charge < -0.3 is 35.8 Å². The highest BCUT2D eigenvalue weighted by molar-refractivity contribution is 5.94. The number of carbonyl (C=O) groups excluding carboxylic acids is 3. The molecule has 6 atom stereocenters. The van der Waals surface area contributed by atoms with Crippen molar-refractivity contribution >= 4 is 17.8 Å². The fourth-order valence-corrected chi connectivity index (χ4v) is 6.02. The molecule has 1 aliphatic heterocycles. The van der Waals surface area contributed by atoms with Gasteiger partial charge in [-0.2, -0.15) is 0 Å². The van der Waals surface area contributed by atoms with Crippen LogP contribution in [0.1, 0.15) is 52.6 Å². The molecule has 1 aliphatic carbocycles. The van der Waals surface area contributed by atoms with Crippen LogP contribution in [0.2, 0.25) is 0 Å². The standard InChI is InChI=1S/C27H31FN2O8/c1-13-6-5-7-20(32)21(13)23(33)37-12-26(36)19(10-16-8-17(14(2)31)11-18(28)9-16)22(29)27(25(26,4)35)15(3)38-24(34)30-27/h5-9,11,15,19,22,32,35-36H,10,12,29H2,1-4H3,(H,30,34)/t15-,19-,22-,25-,26+,27-/m0/s1. The fourth-order valence-electron chi connectivity index (χ4n) is 6.02. The number of ketones is 1. The number of aliphatic hydroxyl groups is 2. The number of hydrogen-bond donors (Lipinski definition) is 5. The van der Waals surface area contributed by atoms with Crippen molar-refractivity contribution in [1.82, 2.24) is 5.32 Å². The zero-order chi connectivity index (χ0) is 28.2. The van der Waals surface area contributed by atoms with Gasteiger partial charge in [-0.25, -0.2) is 14.0 Å². The number of rotatable bonds is 6. The highest BCUT2D eigenvalue weighted by Crippen LogP contribution is 2.54. The Morgan fingerprint density at radius 1 is 1.24 bits per heavy atom. The van der Waals surface area contributed by atoms with E-state index in [1.165, 1.54) is 39.0 Å². The highest BCUT2D eigenvalue weighted by atomic mass is 19.1. The quantitative estimate of drug-likeness (QED) is 0.276. The lowest BCUT2D eigenvalue weighted by Gasteiger charge is -2.45. The van der Waals surface area contributed by atoms with Gasteiger partial charge in [0.25, 0.3) is 0 Å². The van der Waals surface area contributed by atoms with Crippen LogP contribution >= 0.6 is 0 Å². The van der Waals surface area contributed by atoms with Gasteiger partial charge in [-0.15, -0.1) is 0 Å². The van der Waals surface area contributed by atoms with E-state index in [2.05, 4.69) is 5.32 Å². The molecule has 2 aromatic carbocycles. The van der Waals surface area contributed by atoms with Crippen molar-refractivity contribution in [1.29, 1.82) is 0 Å². The fraction of sp³-hybridized carbons (Fsp3) is 0.444. The molecule has 1 amide bonds. The summed E-state index contributed by atoms with van der Waals surface area (Å²) >= 11 is 0. The van der Waals surface area contributed by atoms with Gasteiger partial charge in [0.1, 0.15) is 46.6 Å². The molecule has 1 saturated heterocycles. The number of aryl methyl sites for hydroxylation is 1. The number of Topliss-reactive ketones (excluding diaryl/α,β-unsaturated/α-hetero) is 1. The van der Waals surface area contributed by atoms with Crippen LogP contribution in [0.5, 0.6) is 5.75 Å². The Balaban J connectivity index is 1.77. The lowest BCUT2D eigenvalue weighted by molar-refractivity contribution is -0.187. The molecule has 2 aliphatic rings. The van der Waals surface area contributed by atoms with Gasteiger partial charge in [0.2, 0.25) is 0 Å². The maximum absolute atomic E-state index is 14.4. The van der Waals surface area contributed by atoms with E-state index in [0.717, 1.165) is 6.07 Å². The van der Waals surface area contributed by atoms with Crippen molar-refractivity contribution in [3.05, 3.63) is 64.5 Å². The Morgan fingerprint density at radius 2 is 1.92 bits per heavy atom. The summed E-state index contributed by atoms with van der Waals surface area (Å²) in [7, 11) is 0. The monoisotopic (exact) mass is 530 g/mol. The molecule has 1 saturated carbocycles. The second kappa shape index (κ2) is 9.33. The summed E-state index contributed by atoms with van der Waals surface area (Å²) in [5.41, 5.74) is 1.09. The van der Waals surface area contributed by atoms with Gasteiger partial charge in [0.05, 0.1) is 0 Å². The second-order valence-electron chi connectivity index (χ2n) is 10.3.